The molecule has 1 amide bonds. The van der Waals surface area contributed by atoms with E-state index in [1.165, 1.54) is 148 Å². The molecule has 0 saturated carbocycles. The molecule has 1 N–H and O–H groups in total. The largest absolute Gasteiger partial charge is 0.441 e. The van der Waals surface area contributed by atoms with E-state index in [2.05, 4.69) is 55.6 Å². The van der Waals surface area contributed by atoms with E-state index in [1.54, 1.807) is 0 Å². The van der Waals surface area contributed by atoms with Crippen molar-refractivity contribution in [3.63, 3.8) is 0 Å². The average Bonchev–Trinajstić information content (AvgIpc) is 3.10. The van der Waals surface area contributed by atoms with Crippen molar-refractivity contribution in [2.24, 2.45) is 0 Å². The number of alkyl carbamates (subject to hydrolysis) is 1. The third kappa shape index (κ3) is 40.8. The minimum absolute atomic E-state index is 0.381. The highest BCUT2D eigenvalue weighted by molar-refractivity contribution is 5.67. The Morgan fingerprint density at radius 1 is 0.540 bits per heavy atom. The summed E-state index contributed by atoms with van der Waals surface area (Å²) < 4.78 is 17.5. The minimum atomic E-state index is -0.393. The number of likely N-dealkylation sites (N-methyl/N-ethyl adjacent to an activating group) is 1. The van der Waals surface area contributed by atoms with Crippen molar-refractivity contribution < 1.29 is 19.0 Å². The van der Waals surface area contributed by atoms with Gasteiger partial charge in [-0.25, -0.2) is 4.79 Å². The first-order valence-corrected chi connectivity index (χ1v) is 21.3. The molecule has 0 fully saturated rings. The maximum absolute atomic E-state index is 12.3. The van der Waals surface area contributed by atoms with Crippen LogP contribution in [0.3, 0.4) is 0 Å². The van der Waals surface area contributed by atoms with E-state index in [4.69, 9.17) is 14.2 Å². The quantitative estimate of drug-likeness (QED) is 0.0510. The molecular weight excluding hydrogens is 620 g/mol. The first kappa shape index (κ1) is 48.4. The van der Waals surface area contributed by atoms with Gasteiger partial charge in [-0.1, -0.05) is 147 Å². The highest BCUT2D eigenvalue weighted by Crippen LogP contribution is 2.11. The van der Waals surface area contributed by atoms with Gasteiger partial charge in [-0.05, 0) is 84.7 Å². The van der Waals surface area contributed by atoms with Crippen molar-refractivity contribution in [3.8, 4) is 0 Å². The zero-order valence-corrected chi connectivity index (χ0v) is 33.7. The number of nitrogens with one attached hydrogen (secondary N) is 1. The molecule has 1 unspecified atom stereocenters. The van der Waals surface area contributed by atoms with Gasteiger partial charge in [-0.3, -0.25) is 0 Å². The molecule has 6 nitrogen and oxygen atoms in total. The molecule has 6 heteroatoms. The smallest absolute Gasteiger partial charge is 0.407 e. The molecule has 1 atom stereocenters. The first-order valence-electron chi connectivity index (χ1n) is 21.3. The number of carbonyl (C=O) groups is 1. The number of carbonyl (C=O) groups excluding carboxylic acids is 1. The number of allylic oxidation sites excluding steroid dienone is 6. The van der Waals surface area contributed by atoms with Crippen LogP contribution in [0.25, 0.3) is 0 Å². The monoisotopic (exact) mass is 705 g/mol. The fourth-order valence-electron chi connectivity index (χ4n) is 5.76. The first-order chi connectivity index (χ1) is 24.6. The maximum Gasteiger partial charge on any atom is 0.407 e. The summed E-state index contributed by atoms with van der Waals surface area (Å²) in [6.07, 6.45) is 46.2. The summed E-state index contributed by atoms with van der Waals surface area (Å²) in [6.45, 7) is 8.04. The average molecular weight is 705 g/mol. The summed E-state index contributed by atoms with van der Waals surface area (Å²) >= 11 is 0. The summed E-state index contributed by atoms with van der Waals surface area (Å²) in [4.78, 5) is 14.4. The van der Waals surface area contributed by atoms with Gasteiger partial charge in [-0.2, -0.15) is 0 Å². The second kappa shape index (κ2) is 41.8. The van der Waals surface area contributed by atoms with Crippen molar-refractivity contribution in [1.82, 2.24) is 10.2 Å². The fourth-order valence-corrected chi connectivity index (χ4v) is 5.76. The van der Waals surface area contributed by atoms with E-state index in [1.807, 2.05) is 19.0 Å². The SMILES string of the molecule is CCCCC/C=C\C/C=C\CCCCCCCCOCC(COCCCCCCCC/C=C\CCCCCCCC)OC(=O)NCCN(C)C. The van der Waals surface area contributed by atoms with Crippen molar-refractivity contribution in [1.29, 1.82) is 0 Å². The molecule has 0 heterocycles. The molecule has 0 aliphatic heterocycles. The third-order valence-electron chi connectivity index (χ3n) is 9.00. The van der Waals surface area contributed by atoms with Crippen LogP contribution < -0.4 is 5.32 Å². The number of hydrogen-bond acceptors (Lipinski definition) is 5. The predicted octanol–water partition coefficient (Wildman–Crippen LogP) is 12.5. The number of ether oxygens (including phenoxy) is 3. The molecule has 0 radical (unpaired) electrons. The maximum atomic E-state index is 12.3. The molecule has 0 bridgehead atoms. The second-order valence-electron chi connectivity index (χ2n) is 14.4. The van der Waals surface area contributed by atoms with Gasteiger partial charge in [-0.15, -0.1) is 0 Å². The number of unbranched alkanes of at least 4 members (excludes halogenated alkanes) is 21. The minimum Gasteiger partial charge on any atom is -0.441 e. The lowest BCUT2D eigenvalue weighted by atomic mass is 10.1. The highest BCUT2D eigenvalue weighted by atomic mass is 16.6. The summed E-state index contributed by atoms with van der Waals surface area (Å²) in [5.41, 5.74) is 0. The lowest BCUT2D eigenvalue weighted by Crippen LogP contribution is -2.37. The molecule has 0 aliphatic rings. The van der Waals surface area contributed by atoms with Crippen molar-refractivity contribution in [2.45, 2.75) is 187 Å². The van der Waals surface area contributed by atoms with Gasteiger partial charge < -0.3 is 24.4 Å². The molecule has 0 aromatic rings. The Bertz CT molecular complexity index is 767. The van der Waals surface area contributed by atoms with E-state index in [0.29, 0.717) is 33.0 Å². The number of hydrogen-bond donors (Lipinski definition) is 1. The van der Waals surface area contributed by atoms with E-state index in [0.717, 1.165) is 25.8 Å². The standard InChI is InChI=1S/C44H84N2O4/c1-5-7-9-11-13-15-17-19-21-23-25-27-29-31-33-35-39-48-41-43(50-44(47)45-37-38-46(3)4)42-49-40-36-34-32-30-28-26-24-22-20-18-16-14-12-10-8-6-2/h13,15,19-22,43H,5-12,14,16-18,23-42H2,1-4H3,(H,45,47)/b15-13-,21-19-,22-20-. The molecule has 0 aromatic carbocycles. The Morgan fingerprint density at radius 2 is 0.920 bits per heavy atom. The predicted molar refractivity (Wildman–Crippen MR) is 217 cm³/mol. The molecule has 0 spiro atoms. The number of rotatable bonds is 39. The molecule has 0 rings (SSSR count). The van der Waals surface area contributed by atoms with Crippen molar-refractivity contribution in [2.75, 3.05) is 53.6 Å². The van der Waals surface area contributed by atoms with Crippen LogP contribution in [0.4, 0.5) is 4.79 Å². The lowest BCUT2D eigenvalue weighted by Gasteiger charge is -2.19. The fraction of sp³-hybridized carbons (Fsp3) is 0.841. The van der Waals surface area contributed by atoms with Gasteiger partial charge in [0.25, 0.3) is 0 Å². The van der Waals surface area contributed by atoms with Crippen molar-refractivity contribution in [3.05, 3.63) is 36.5 Å². The summed E-state index contributed by atoms with van der Waals surface area (Å²) in [5, 5.41) is 2.84. The molecule has 0 aromatic heterocycles. The highest BCUT2D eigenvalue weighted by Gasteiger charge is 2.15. The van der Waals surface area contributed by atoms with Gasteiger partial charge in [0.2, 0.25) is 0 Å². The van der Waals surface area contributed by atoms with Gasteiger partial charge in [0.05, 0.1) is 13.2 Å². The van der Waals surface area contributed by atoms with Crippen LogP contribution in [-0.4, -0.2) is 70.7 Å². The Morgan fingerprint density at radius 3 is 1.38 bits per heavy atom. The molecule has 0 saturated heterocycles. The zero-order valence-electron chi connectivity index (χ0n) is 33.7. The Balaban J connectivity index is 3.92. The molecular formula is C44H84N2O4. The zero-order chi connectivity index (χ0) is 36.4. The summed E-state index contributed by atoms with van der Waals surface area (Å²) in [6, 6.07) is 0. The van der Waals surface area contributed by atoms with Gasteiger partial charge in [0.15, 0.2) is 6.10 Å². The van der Waals surface area contributed by atoms with E-state index < -0.39 is 6.09 Å². The van der Waals surface area contributed by atoms with Crippen LogP contribution in [-0.2, 0) is 14.2 Å². The molecule has 50 heavy (non-hydrogen) atoms. The second-order valence-corrected chi connectivity index (χ2v) is 14.4. The van der Waals surface area contributed by atoms with Crippen LogP contribution in [0.2, 0.25) is 0 Å². The van der Waals surface area contributed by atoms with Crippen LogP contribution in [0.5, 0.6) is 0 Å². The van der Waals surface area contributed by atoms with E-state index >= 15 is 0 Å². The van der Waals surface area contributed by atoms with Crippen LogP contribution in [0.1, 0.15) is 181 Å². The molecule has 294 valence electrons. The third-order valence-corrected chi connectivity index (χ3v) is 9.00. The van der Waals surface area contributed by atoms with Gasteiger partial charge in [0, 0.05) is 26.3 Å². The van der Waals surface area contributed by atoms with Gasteiger partial charge >= 0.3 is 6.09 Å². The Hall–Kier alpha value is -1.63. The summed E-state index contributed by atoms with van der Waals surface area (Å²) in [5.74, 6) is 0. The molecule has 0 aliphatic carbocycles. The van der Waals surface area contributed by atoms with Crippen molar-refractivity contribution >= 4 is 6.09 Å². The van der Waals surface area contributed by atoms with E-state index in [-0.39, 0.29) is 6.10 Å². The van der Waals surface area contributed by atoms with Crippen LogP contribution >= 0.6 is 0 Å². The number of amides is 1. The lowest BCUT2D eigenvalue weighted by molar-refractivity contribution is -0.0292. The normalized spacial score (nSPS) is 12.7. The van der Waals surface area contributed by atoms with Crippen LogP contribution in [0.15, 0.2) is 36.5 Å². The van der Waals surface area contributed by atoms with E-state index in [9.17, 15) is 4.79 Å². The Kier molecular flexibility index (Phi) is 40.4. The number of nitrogens with zero attached hydrogens (tertiary/aromatic N) is 1. The Labute approximate surface area is 311 Å². The summed E-state index contributed by atoms with van der Waals surface area (Å²) in [7, 11) is 3.98. The topological polar surface area (TPSA) is 60.0 Å². The van der Waals surface area contributed by atoms with Crippen LogP contribution in [0, 0.1) is 0 Å². The van der Waals surface area contributed by atoms with Gasteiger partial charge in [0.1, 0.15) is 0 Å².